The number of carbonyl (C=O) groups is 1. The summed E-state index contributed by atoms with van der Waals surface area (Å²) >= 11 is 0. The normalized spacial score (nSPS) is 3.12. The van der Waals surface area contributed by atoms with Crippen LogP contribution in [0.3, 0.4) is 0 Å². The van der Waals surface area contributed by atoms with Gasteiger partial charge in [0, 0.05) is 6.92 Å². The predicted octanol–water partition coefficient (Wildman–Crippen LogP) is -6.44. The molecule has 0 heterocycles. The Morgan fingerprint density at radius 1 is 1.50 bits per heavy atom. The SMILES string of the molecule is CC(=O)O.[Ca+2].[Cl-].[Cl-].[H-].[H-].[Mg+2]. The summed E-state index contributed by atoms with van der Waals surface area (Å²) in [6, 6.07) is 0. The molecule has 0 spiro atoms. The second-order valence-electron chi connectivity index (χ2n) is 0.519. The summed E-state index contributed by atoms with van der Waals surface area (Å²) in [4.78, 5) is 9.00. The van der Waals surface area contributed by atoms with E-state index in [4.69, 9.17) is 9.90 Å². The van der Waals surface area contributed by atoms with Gasteiger partial charge in [0.25, 0.3) is 5.97 Å². The van der Waals surface area contributed by atoms with Gasteiger partial charge in [-0.05, 0) is 0 Å². The van der Waals surface area contributed by atoms with Gasteiger partial charge in [0.2, 0.25) is 0 Å². The van der Waals surface area contributed by atoms with Crippen molar-refractivity contribution < 1.29 is 37.6 Å². The van der Waals surface area contributed by atoms with Crippen molar-refractivity contribution in [3.05, 3.63) is 0 Å². The van der Waals surface area contributed by atoms with Crippen molar-refractivity contribution in [1.29, 1.82) is 0 Å². The Bertz CT molecular complexity index is 48.2. The van der Waals surface area contributed by atoms with Crippen LogP contribution in [0.25, 0.3) is 0 Å². The molecule has 0 atom stereocenters. The molecular formula is C2H6CaCl2MgO2. The first-order chi connectivity index (χ1) is 1.73. The molecule has 1 N–H and O–H groups in total. The Morgan fingerprint density at radius 2 is 1.50 bits per heavy atom. The van der Waals surface area contributed by atoms with Gasteiger partial charge in [-0.15, -0.1) is 0 Å². The molecule has 0 amide bonds. The topological polar surface area (TPSA) is 37.3 Å². The minimum Gasteiger partial charge on any atom is -1.00 e. The Labute approximate surface area is 110 Å². The van der Waals surface area contributed by atoms with Gasteiger partial charge in [0.05, 0.1) is 0 Å². The number of hydrogen-bond donors (Lipinski definition) is 1. The predicted molar refractivity (Wildman–Crippen MR) is 27.0 cm³/mol. The van der Waals surface area contributed by atoms with E-state index in [1.165, 1.54) is 0 Å². The van der Waals surface area contributed by atoms with Gasteiger partial charge in [0.15, 0.2) is 0 Å². The number of rotatable bonds is 0. The minimum atomic E-state index is -0.833. The second-order valence-corrected chi connectivity index (χ2v) is 0.519. The summed E-state index contributed by atoms with van der Waals surface area (Å²) in [6.45, 7) is 1.08. The van der Waals surface area contributed by atoms with Crippen LogP contribution in [0.2, 0.25) is 0 Å². The van der Waals surface area contributed by atoms with E-state index in [9.17, 15) is 0 Å². The molecule has 0 aromatic heterocycles. The molecule has 2 nitrogen and oxygen atoms in total. The minimum absolute atomic E-state index is 0. The smallest absolute Gasteiger partial charge is 1.00 e. The first-order valence-electron chi connectivity index (χ1n) is 0.928. The maximum absolute atomic E-state index is 9.00. The number of hydrogen-bond acceptors (Lipinski definition) is 1. The van der Waals surface area contributed by atoms with Crippen LogP contribution in [0.4, 0.5) is 0 Å². The first-order valence-corrected chi connectivity index (χ1v) is 0.928. The maximum atomic E-state index is 9.00. The van der Waals surface area contributed by atoms with Crippen molar-refractivity contribution in [3.63, 3.8) is 0 Å². The molecule has 0 aromatic carbocycles. The Kier molecular flexibility index (Phi) is 92.5. The zero-order valence-electron chi connectivity index (χ0n) is 6.53. The molecule has 0 aliphatic rings. The fourth-order valence-electron chi connectivity index (χ4n) is 0. The van der Waals surface area contributed by atoms with Crippen LogP contribution in [-0.2, 0) is 4.79 Å². The van der Waals surface area contributed by atoms with Crippen LogP contribution in [0.1, 0.15) is 9.78 Å². The Balaban J connectivity index is -0.00000000300. The van der Waals surface area contributed by atoms with Crippen molar-refractivity contribution in [2.45, 2.75) is 6.92 Å². The van der Waals surface area contributed by atoms with Crippen LogP contribution < -0.4 is 24.8 Å². The molecule has 6 heteroatoms. The van der Waals surface area contributed by atoms with Gasteiger partial charge in [-0.3, -0.25) is 4.79 Å². The van der Waals surface area contributed by atoms with Crippen LogP contribution in [0.15, 0.2) is 0 Å². The maximum Gasteiger partial charge on any atom is 2.00 e. The Morgan fingerprint density at radius 3 is 1.50 bits per heavy atom. The van der Waals surface area contributed by atoms with Crippen LogP contribution in [-0.4, -0.2) is 71.9 Å². The quantitative estimate of drug-likeness (QED) is 0.392. The standard InChI is InChI=1S/C2H4O2.Ca.2ClH.Mg.2H/c1-2(3)4;;;;;;/h1H3,(H,3,4);;2*1H;;;/q;+2;;;+2;2*-1/p-2. The average Bonchev–Trinajstić information content (AvgIpc) is 0.811. The van der Waals surface area contributed by atoms with E-state index >= 15 is 0 Å². The zero-order valence-corrected chi connectivity index (χ0v) is 9.66. The third kappa shape index (κ3) is 93.8. The summed E-state index contributed by atoms with van der Waals surface area (Å²) in [6.07, 6.45) is 0. The molecule has 0 aliphatic carbocycles. The summed E-state index contributed by atoms with van der Waals surface area (Å²) in [5, 5.41) is 7.42. The molecule has 0 fully saturated rings. The largest absolute Gasteiger partial charge is 2.00 e. The molecule has 0 aromatic rings. The number of halogens is 2. The fraction of sp³-hybridized carbons (Fsp3) is 0.500. The van der Waals surface area contributed by atoms with Gasteiger partial charge in [-0.1, -0.05) is 0 Å². The zero-order chi connectivity index (χ0) is 3.58. The van der Waals surface area contributed by atoms with Crippen molar-refractivity contribution >= 4 is 66.8 Å². The van der Waals surface area contributed by atoms with E-state index in [-0.39, 0.29) is 88.5 Å². The van der Waals surface area contributed by atoms with Crippen molar-refractivity contribution in [1.82, 2.24) is 0 Å². The second kappa shape index (κ2) is 23.0. The molecule has 44 valence electrons. The third-order valence-corrected chi connectivity index (χ3v) is 0. The molecule has 0 unspecified atom stereocenters. The van der Waals surface area contributed by atoms with E-state index in [2.05, 4.69) is 0 Å². The summed E-state index contributed by atoms with van der Waals surface area (Å²) < 4.78 is 0. The van der Waals surface area contributed by atoms with Gasteiger partial charge >= 0.3 is 60.8 Å². The van der Waals surface area contributed by atoms with Crippen molar-refractivity contribution in [3.8, 4) is 0 Å². The molecule has 0 rings (SSSR count). The van der Waals surface area contributed by atoms with Gasteiger partial charge in [0.1, 0.15) is 0 Å². The van der Waals surface area contributed by atoms with Crippen LogP contribution >= 0.6 is 0 Å². The molecule has 0 saturated carbocycles. The molecule has 0 radical (unpaired) electrons. The molecule has 0 bridgehead atoms. The first kappa shape index (κ1) is 32.2. The van der Waals surface area contributed by atoms with Crippen molar-refractivity contribution in [2.75, 3.05) is 0 Å². The van der Waals surface area contributed by atoms with E-state index in [0.29, 0.717) is 0 Å². The Hall–Kier alpha value is 2.08. The summed E-state index contributed by atoms with van der Waals surface area (Å²) in [5.74, 6) is -0.833. The fourth-order valence-corrected chi connectivity index (χ4v) is 0. The molecular weight excluding hydrogens is 191 g/mol. The summed E-state index contributed by atoms with van der Waals surface area (Å²) in [7, 11) is 0. The van der Waals surface area contributed by atoms with Gasteiger partial charge in [-0.2, -0.15) is 0 Å². The van der Waals surface area contributed by atoms with Gasteiger partial charge < -0.3 is 32.8 Å². The number of carboxylic acids is 1. The van der Waals surface area contributed by atoms with Crippen LogP contribution in [0.5, 0.6) is 0 Å². The van der Waals surface area contributed by atoms with E-state index in [0.717, 1.165) is 6.92 Å². The van der Waals surface area contributed by atoms with Crippen molar-refractivity contribution in [2.24, 2.45) is 0 Å². The monoisotopic (exact) mass is 196 g/mol. The molecule has 8 heavy (non-hydrogen) atoms. The van der Waals surface area contributed by atoms with Gasteiger partial charge in [-0.25, -0.2) is 0 Å². The average molecular weight is 197 g/mol. The molecule has 0 saturated heterocycles. The van der Waals surface area contributed by atoms with E-state index in [1.807, 2.05) is 0 Å². The van der Waals surface area contributed by atoms with Crippen LogP contribution in [0, 0.1) is 0 Å². The van der Waals surface area contributed by atoms with E-state index < -0.39 is 5.97 Å². The number of aliphatic carboxylic acids is 1. The molecule has 0 aliphatic heterocycles. The summed E-state index contributed by atoms with van der Waals surface area (Å²) in [5.41, 5.74) is 0. The number of carboxylic acid groups (broad SMARTS) is 1. The van der Waals surface area contributed by atoms with E-state index in [1.54, 1.807) is 0 Å². The third-order valence-electron chi connectivity index (χ3n) is 0.